The Morgan fingerprint density at radius 3 is 2.47 bits per heavy atom. The first kappa shape index (κ1) is 22.1. The van der Waals surface area contributed by atoms with E-state index < -0.39 is 0 Å². The maximum absolute atomic E-state index is 12.0. The summed E-state index contributed by atoms with van der Waals surface area (Å²) in [6.45, 7) is 4.93. The predicted molar refractivity (Wildman–Crippen MR) is 121 cm³/mol. The van der Waals surface area contributed by atoms with Crippen molar-refractivity contribution in [3.63, 3.8) is 0 Å². The van der Waals surface area contributed by atoms with Crippen LogP contribution in [0.4, 0.5) is 15.8 Å². The normalized spacial score (nSPS) is 12.4. The van der Waals surface area contributed by atoms with E-state index in [1.165, 1.54) is 17.5 Å². The van der Waals surface area contributed by atoms with E-state index in [1.54, 1.807) is 12.1 Å². The first-order chi connectivity index (χ1) is 14.1. The van der Waals surface area contributed by atoms with Gasteiger partial charge in [-0.2, -0.15) is 4.90 Å². The Balaban J connectivity index is 0.000000242. The maximum Gasteiger partial charge on any atom is 2.00 e. The third-order valence-electron chi connectivity index (χ3n) is 4.66. The summed E-state index contributed by atoms with van der Waals surface area (Å²) in [4.78, 5) is 5.42. The van der Waals surface area contributed by atoms with Crippen LogP contribution < -0.4 is 15.6 Å². The van der Waals surface area contributed by atoms with Crippen LogP contribution in [0.25, 0.3) is 22.2 Å². The van der Waals surface area contributed by atoms with Gasteiger partial charge in [-0.1, -0.05) is 61.2 Å². The molecule has 6 heteroatoms. The molecule has 0 saturated heterocycles. The minimum absolute atomic E-state index is 0. The van der Waals surface area contributed by atoms with Crippen LogP contribution in [0.2, 0.25) is 0 Å². The molecule has 1 aromatic heterocycles. The molecular formula is C24H20FN3SW. The number of rotatable bonds is 1. The second-order valence-corrected chi connectivity index (χ2v) is 7.26. The van der Waals surface area contributed by atoms with Crippen molar-refractivity contribution in [3.8, 4) is 11.3 Å². The van der Waals surface area contributed by atoms with E-state index in [0.29, 0.717) is 4.90 Å². The number of benzene rings is 3. The number of hydrogen-bond acceptors (Lipinski definition) is 3. The molecule has 0 unspecified atom stereocenters. The van der Waals surface area contributed by atoms with Gasteiger partial charge >= 0.3 is 21.1 Å². The van der Waals surface area contributed by atoms with Gasteiger partial charge < -0.3 is 28.2 Å². The molecule has 0 saturated carbocycles. The molecule has 5 rings (SSSR count). The molecule has 3 aromatic carbocycles. The fraction of sp³-hybridized carbons (Fsp3) is 0.0833. The van der Waals surface area contributed by atoms with Crippen molar-refractivity contribution < 1.29 is 25.5 Å². The van der Waals surface area contributed by atoms with Gasteiger partial charge in [-0.05, 0) is 29.1 Å². The van der Waals surface area contributed by atoms with E-state index in [0.717, 1.165) is 46.8 Å². The number of nitrogens with zero attached hydrogens (tertiary/aromatic N) is 1. The number of halogens is 1. The van der Waals surface area contributed by atoms with E-state index in [4.69, 9.17) is 17.6 Å². The SMILES string of the molecule is C=C1CCNc2c(cccc2-c2cc3ccccc3[n-]2)N1.Fc1ccc([S-])cc1.[W+2]. The second-order valence-electron chi connectivity index (χ2n) is 6.79. The standard InChI is InChI=1S/C18H16N3.C6H5FS.W/c1-12-9-10-19-18-14(6-4-8-16(18)20-12)17-11-13-5-2-3-7-15(13)21-17;7-5-1-3-6(8)4-2-5;/h2-8,11,19-20H,1,9-10H2;1-4,8H;/q-1;;+2/p-1. The Labute approximate surface area is 195 Å². The molecule has 2 heterocycles. The summed E-state index contributed by atoms with van der Waals surface area (Å²) in [6.07, 6.45) is 0.921. The van der Waals surface area contributed by atoms with E-state index in [1.807, 2.05) is 18.2 Å². The van der Waals surface area contributed by atoms with Crippen molar-refractivity contribution in [2.75, 3.05) is 17.2 Å². The summed E-state index contributed by atoms with van der Waals surface area (Å²) in [6, 6.07) is 22.4. The molecule has 0 bridgehead atoms. The molecule has 0 atom stereocenters. The van der Waals surface area contributed by atoms with Crippen LogP contribution in [-0.2, 0) is 33.7 Å². The molecule has 30 heavy (non-hydrogen) atoms. The van der Waals surface area contributed by atoms with Crippen molar-refractivity contribution in [1.82, 2.24) is 4.98 Å². The largest absolute Gasteiger partial charge is 2.00 e. The summed E-state index contributed by atoms with van der Waals surface area (Å²) >= 11 is 4.70. The van der Waals surface area contributed by atoms with Crippen LogP contribution in [0, 0.1) is 5.82 Å². The summed E-state index contributed by atoms with van der Waals surface area (Å²) < 4.78 is 12.0. The zero-order valence-electron chi connectivity index (χ0n) is 16.2. The van der Waals surface area contributed by atoms with Crippen LogP contribution in [0.1, 0.15) is 6.42 Å². The third kappa shape index (κ3) is 5.10. The molecule has 1 aliphatic rings. The zero-order chi connectivity index (χ0) is 20.2. The molecule has 4 aromatic rings. The molecule has 3 nitrogen and oxygen atoms in total. The summed E-state index contributed by atoms with van der Waals surface area (Å²) in [5.74, 6) is -0.237. The van der Waals surface area contributed by atoms with Crippen molar-refractivity contribution in [3.05, 3.63) is 90.9 Å². The molecule has 1 aliphatic heterocycles. The Kier molecular flexibility index (Phi) is 7.30. The zero-order valence-corrected chi connectivity index (χ0v) is 19.9. The number of hydrogen-bond donors (Lipinski definition) is 2. The van der Waals surface area contributed by atoms with Crippen LogP contribution in [-0.4, -0.2) is 6.54 Å². The van der Waals surface area contributed by atoms with Crippen molar-refractivity contribution in [2.45, 2.75) is 11.3 Å². The Morgan fingerprint density at radius 1 is 0.967 bits per heavy atom. The quantitative estimate of drug-likeness (QED) is 0.272. The van der Waals surface area contributed by atoms with Gasteiger partial charge in [0.2, 0.25) is 0 Å². The Hall–Kier alpha value is -2.62. The monoisotopic (exact) mass is 585 g/mol. The van der Waals surface area contributed by atoms with Gasteiger partial charge in [-0.25, -0.2) is 4.39 Å². The summed E-state index contributed by atoms with van der Waals surface area (Å²) in [5.41, 5.74) is 6.40. The number of para-hydroxylation sites is 2. The molecule has 150 valence electrons. The molecule has 0 fully saturated rings. The smallest absolute Gasteiger partial charge is 0.780 e. The average Bonchev–Trinajstić information content (AvgIpc) is 3.06. The average molecular weight is 585 g/mol. The van der Waals surface area contributed by atoms with Crippen molar-refractivity contribution in [1.29, 1.82) is 0 Å². The molecule has 0 aliphatic carbocycles. The third-order valence-corrected chi connectivity index (χ3v) is 4.94. The van der Waals surface area contributed by atoms with Gasteiger partial charge in [0.25, 0.3) is 0 Å². The van der Waals surface area contributed by atoms with Crippen LogP contribution >= 0.6 is 0 Å². The summed E-state index contributed by atoms with van der Waals surface area (Å²) in [7, 11) is 0. The fourth-order valence-corrected chi connectivity index (χ4v) is 3.38. The van der Waals surface area contributed by atoms with Crippen LogP contribution in [0.3, 0.4) is 0 Å². The predicted octanol–water partition coefficient (Wildman–Crippen LogP) is 5.93. The number of anilines is 2. The van der Waals surface area contributed by atoms with E-state index >= 15 is 0 Å². The van der Waals surface area contributed by atoms with Gasteiger partial charge in [0, 0.05) is 18.7 Å². The number of fused-ring (bicyclic) bond motifs is 2. The maximum atomic E-state index is 12.0. The van der Waals surface area contributed by atoms with E-state index in [2.05, 4.69) is 47.5 Å². The molecule has 2 N–H and O–H groups in total. The van der Waals surface area contributed by atoms with Gasteiger partial charge in [0.05, 0.1) is 11.4 Å². The van der Waals surface area contributed by atoms with Crippen LogP contribution in [0.5, 0.6) is 0 Å². The number of aromatic nitrogens is 1. The van der Waals surface area contributed by atoms with Gasteiger partial charge in [-0.3, -0.25) is 0 Å². The van der Waals surface area contributed by atoms with Crippen LogP contribution in [0.15, 0.2) is 90.0 Å². The number of nitrogens with one attached hydrogen (secondary N) is 2. The van der Waals surface area contributed by atoms with Gasteiger partial charge in [0.15, 0.2) is 0 Å². The van der Waals surface area contributed by atoms with Crippen molar-refractivity contribution >= 4 is 34.9 Å². The van der Waals surface area contributed by atoms with Gasteiger partial charge in [0.1, 0.15) is 5.82 Å². The topological polar surface area (TPSA) is 38.2 Å². The summed E-state index contributed by atoms with van der Waals surface area (Å²) in [5, 5.41) is 8.06. The minimum atomic E-state index is -0.237. The molecule has 0 radical (unpaired) electrons. The molecule has 0 spiro atoms. The van der Waals surface area contributed by atoms with E-state index in [-0.39, 0.29) is 26.9 Å². The second kappa shape index (κ2) is 9.92. The molecular weight excluding hydrogens is 565 g/mol. The van der Waals surface area contributed by atoms with E-state index in [9.17, 15) is 4.39 Å². The Morgan fingerprint density at radius 2 is 1.73 bits per heavy atom. The van der Waals surface area contributed by atoms with Crippen molar-refractivity contribution in [2.24, 2.45) is 0 Å². The minimum Gasteiger partial charge on any atom is -0.780 e. The Bertz CT molecular complexity index is 1100. The first-order valence-electron chi connectivity index (χ1n) is 9.37. The van der Waals surface area contributed by atoms with Gasteiger partial charge in [-0.15, -0.1) is 11.2 Å². The fourth-order valence-electron chi connectivity index (χ4n) is 3.25. The molecule has 0 amide bonds. The first-order valence-corrected chi connectivity index (χ1v) is 9.78.